The molecular formula is C31H33N8O15ReS-. The molecule has 2 aromatic heterocycles. The van der Waals surface area contributed by atoms with E-state index < -0.39 is 86.2 Å². The van der Waals surface area contributed by atoms with Crippen LogP contribution in [0.2, 0.25) is 0 Å². The van der Waals surface area contributed by atoms with E-state index in [9.17, 15) is 37.5 Å². The number of aromatic nitrogens is 4. The quantitative estimate of drug-likeness (QED) is 0.0457. The number of hydrogen-bond acceptors (Lipinski definition) is 11. The minimum atomic E-state index is -2.50. The van der Waals surface area contributed by atoms with Crippen LogP contribution >= 0.6 is 0 Å². The van der Waals surface area contributed by atoms with Crippen LogP contribution in [0.1, 0.15) is 17.2 Å². The molecule has 5 N–H and O–H groups in total. The van der Waals surface area contributed by atoms with E-state index in [0.717, 1.165) is 5.56 Å². The summed E-state index contributed by atoms with van der Waals surface area (Å²) >= 11 is -2.50. The molecule has 1 atom stereocenters. The van der Waals surface area contributed by atoms with Gasteiger partial charge in [0.05, 0.1) is 13.1 Å². The Kier molecular flexibility index (Phi) is 26.7. The minimum Gasteiger partial charge on any atom is 0 e. The van der Waals surface area contributed by atoms with Crippen molar-refractivity contribution in [3.05, 3.63) is 86.2 Å². The number of aliphatic carboxylic acids is 4. The van der Waals surface area contributed by atoms with Crippen LogP contribution in [0.5, 0.6) is 0 Å². The summed E-state index contributed by atoms with van der Waals surface area (Å²) in [7, 11) is 0. The molecule has 301 valence electrons. The van der Waals surface area contributed by atoms with Gasteiger partial charge < -0.3 is 48.6 Å². The maximum absolute atomic E-state index is 12.9. The molecule has 25 heteroatoms. The first kappa shape index (κ1) is 52.3. The van der Waals surface area contributed by atoms with Gasteiger partial charge in [-0.15, -0.1) is 0 Å². The molecule has 0 aliphatic rings. The van der Waals surface area contributed by atoms with Crippen molar-refractivity contribution >= 4 is 52.6 Å². The van der Waals surface area contributed by atoms with Crippen molar-refractivity contribution in [2.24, 2.45) is 0 Å². The number of rotatable bonds is 21. The largest absolute Gasteiger partial charge is 0 e. The minimum absolute atomic E-state index is 0. The topological polar surface area (TPSA) is 341 Å². The smallest absolute Gasteiger partial charge is 0 e. The molecule has 3 aromatic rings. The fourth-order valence-corrected chi connectivity index (χ4v) is 4.95. The second kappa shape index (κ2) is 28.6. The van der Waals surface area contributed by atoms with E-state index >= 15 is 0 Å². The van der Waals surface area contributed by atoms with Crippen LogP contribution in [-0.2, 0) is 107 Å². The SMILES string of the molecule is O=C(O)CN(CC(=O)O)C(=O)Cn1ccnc1CN(CCc1ccc(NS(=O)[O-])cc1)Cc1nccn1CC(=O)N(CC(=O)O)CC(=O)O.[C-]#[O+].[C-]#[O+].[C-]#[O+].[Re]. The van der Waals surface area contributed by atoms with E-state index in [1.54, 1.807) is 24.3 Å². The Balaban J connectivity index is 0. The molecular weight excluding hydrogens is 943 g/mol. The molecule has 0 bridgehead atoms. The van der Waals surface area contributed by atoms with Gasteiger partial charge in [-0.3, -0.25) is 37.9 Å². The van der Waals surface area contributed by atoms with Crippen LogP contribution in [0.4, 0.5) is 5.69 Å². The summed E-state index contributed by atoms with van der Waals surface area (Å²) < 4.78 is 49.5. The summed E-state index contributed by atoms with van der Waals surface area (Å²) in [6, 6.07) is 6.58. The average Bonchev–Trinajstić information content (AvgIpc) is 3.77. The number of benzene rings is 1. The summed E-state index contributed by atoms with van der Waals surface area (Å²) in [6.45, 7) is 9.88. The van der Waals surface area contributed by atoms with Gasteiger partial charge in [-0.1, -0.05) is 12.1 Å². The molecule has 1 radical (unpaired) electrons. The fourth-order valence-electron chi connectivity index (χ4n) is 4.62. The number of amides is 2. The molecule has 1 unspecified atom stereocenters. The number of carbonyl (C=O) groups excluding carboxylic acids is 2. The molecule has 0 spiro atoms. The number of anilines is 1. The van der Waals surface area contributed by atoms with Gasteiger partial charge in [0, 0.05) is 68.7 Å². The van der Waals surface area contributed by atoms with Crippen molar-refractivity contribution in [3.8, 4) is 0 Å². The molecule has 0 saturated carbocycles. The zero-order valence-electron chi connectivity index (χ0n) is 28.9. The second-order valence-corrected chi connectivity index (χ2v) is 11.2. The maximum Gasteiger partial charge on any atom is 0 e. The van der Waals surface area contributed by atoms with Gasteiger partial charge in [-0.25, -0.2) is 9.97 Å². The molecule has 0 aliphatic heterocycles. The van der Waals surface area contributed by atoms with Crippen molar-refractivity contribution in [1.29, 1.82) is 0 Å². The molecule has 0 saturated heterocycles. The molecule has 2 heterocycles. The Morgan fingerprint density at radius 3 is 1.38 bits per heavy atom. The summed E-state index contributed by atoms with van der Waals surface area (Å²) in [5.41, 5.74) is 1.17. The molecule has 56 heavy (non-hydrogen) atoms. The molecule has 0 aliphatic carbocycles. The van der Waals surface area contributed by atoms with Crippen LogP contribution in [-0.4, -0.2) is 131 Å². The van der Waals surface area contributed by atoms with E-state index in [2.05, 4.69) is 34.6 Å². The number of nitrogens with zero attached hydrogens (tertiary/aromatic N) is 7. The van der Waals surface area contributed by atoms with Crippen LogP contribution in [0, 0.1) is 20.0 Å². The molecule has 2 amide bonds. The Hall–Kier alpha value is -5.79. The number of carboxylic acids is 4. The number of nitrogens with one attached hydrogen (secondary N) is 1. The molecule has 3 rings (SSSR count). The first-order valence-corrected chi connectivity index (χ1v) is 16.0. The van der Waals surface area contributed by atoms with Gasteiger partial charge in [-0.05, 0) is 24.1 Å². The summed E-state index contributed by atoms with van der Waals surface area (Å²) in [5, 5.41) is 36.5. The Labute approximate surface area is 334 Å². The first-order valence-electron chi connectivity index (χ1n) is 14.9. The number of carboxylic acid groups (broad SMARTS) is 4. The molecule has 0 fully saturated rings. The average molecular weight is 976 g/mol. The number of hydrogen-bond donors (Lipinski definition) is 5. The zero-order valence-corrected chi connectivity index (χ0v) is 32.4. The van der Waals surface area contributed by atoms with Crippen molar-refractivity contribution in [2.45, 2.75) is 32.6 Å². The second-order valence-electron chi connectivity index (χ2n) is 10.5. The third-order valence-corrected chi connectivity index (χ3v) is 7.23. The normalized spacial score (nSPS) is 10.2. The van der Waals surface area contributed by atoms with Crippen molar-refractivity contribution in [1.82, 2.24) is 33.8 Å². The van der Waals surface area contributed by atoms with Crippen LogP contribution in [0.15, 0.2) is 49.1 Å². The van der Waals surface area contributed by atoms with Gasteiger partial charge in [0.15, 0.2) is 0 Å². The third kappa shape index (κ3) is 20.0. The van der Waals surface area contributed by atoms with Crippen molar-refractivity contribution in [2.75, 3.05) is 37.4 Å². The van der Waals surface area contributed by atoms with Crippen molar-refractivity contribution in [3.63, 3.8) is 0 Å². The summed E-state index contributed by atoms with van der Waals surface area (Å²) in [6.07, 6.45) is 6.18. The molecule has 23 nitrogen and oxygen atoms in total. The maximum atomic E-state index is 12.9. The van der Waals surface area contributed by atoms with Crippen LogP contribution in [0.3, 0.4) is 0 Å². The third-order valence-electron chi connectivity index (χ3n) is 6.83. The van der Waals surface area contributed by atoms with Gasteiger partial charge in [-0.2, -0.15) is 0 Å². The number of imidazole rings is 2. The monoisotopic (exact) mass is 976 g/mol. The van der Waals surface area contributed by atoms with Gasteiger partial charge in [0.25, 0.3) is 0 Å². The van der Waals surface area contributed by atoms with Crippen LogP contribution < -0.4 is 4.72 Å². The molecule has 1 aromatic carbocycles. The van der Waals surface area contributed by atoms with Gasteiger partial charge >= 0.3 is 57.8 Å². The fraction of sp³-hybridized carbons (Fsp3) is 0.323. The van der Waals surface area contributed by atoms with E-state index in [1.165, 1.54) is 33.9 Å². The zero-order chi connectivity index (χ0) is 42.1. The van der Waals surface area contributed by atoms with E-state index in [0.29, 0.717) is 40.1 Å². The Bertz CT molecular complexity index is 1690. The standard InChI is InChI=1S/C28H34N8O12S.3CO.Re/c37-23(35(15-25(39)40)16-26(41)42)13-33-9-6-29-21(33)11-32(8-5-19-1-3-20(4-2-19)31-49(47)48)12-22-30-7-10-34(22)14-24(38)36(17-27(43)44)18-28(45)46;3*1-2;/h1-4,6-7,9-10,31H,5,8,11-18H2,(H,39,40)(H,41,42)(H,43,44)(H,45,46)(H,47,48);;;;/p-1. The van der Waals surface area contributed by atoms with E-state index in [-0.39, 0.29) is 33.5 Å². The van der Waals surface area contributed by atoms with E-state index in [4.69, 9.17) is 34.4 Å². The predicted octanol–water partition coefficient (Wildman–Crippen LogP) is -1.59. The number of carbonyl (C=O) groups is 6. The van der Waals surface area contributed by atoms with Crippen molar-refractivity contribution < 1.29 is 92.3 Å². The Morgan fingerprint density at radius 2 is 1.05 bits per heavy atom. The van der Waals surface area contributed by atoms with Gasteiger partial charge in [0.1, 0.15) is 50.9 Å². The Morgan fingerprint density at radius 1 is 0.696 bits per heavy atom. The predicted molar refractivity (Wildman–Crippen MR) is 177 cm³/mol. The van der Waals surface area contributed by atoms with Gasteiger partial charge in [0.2, 0.25) is 11.8 Å². The van der Waals surface area contributed by atoms with Crippen LogP contribution in [0.25, 0.3) is 0 Å². The first-order chi connectivity index (χ1) is 26.2. The summed E-state index contributed by atoms with van der Waals surface area (Å²) in [5.74, 6) is -6.41. The van der Waals surface area contributed by atoms with E-state index in [1.807, 2.05) is 4.90 Å². The summed E-state index contributed by atoms with van der Waals surface area (Å²) in [4.78, 5) is 82.5.